The van der Waals surface area contributed by atoms with E-state index in [0.29, 0.717) is 30.7 Å². The summed E-state index contributed by atoms with van der Waals surface area (Å²) >= 11 is 0. The number of aliphatic hydroxyl groups is 1. The zero-order valence-electron chi connectivity index (χ0n) is 13.5. The monoisotopic (exact) mass is 319 g/mol. The fraction of sp³-hybridized carbons (Fsp3) is 0.444. The van der Waals surface area contributed by atoms with E-state index in [1.54, 1.807) is 12.1 Å². The number of nitrogens with zero attached hydrogens (tertiary/aromatic N) is 1. The van der Waals surface area contributed by atoms with Crippen molar-refractivity contribution in [3.8, 4) is 0 Å². The number of hydrogen-bond acceptors (Lipinski definition) is 4. The van der Waals surface area contributed by atoms with Crippen LogP contribution in [0.5, 0.6) is 0 Å². The molecule has 0 bridgehead atoms. The van der Waals surface area contributed by atoms with Gasteiger partial charge in [-0.1, -0.05) is 30.6 Å². The first-order chi connectivity index (χ1) is 11.1. The molecule has 1 atom stereocenters. The van der Waals surface area contributed by atoms with Crippen LogP contribution in [0.3, 0.4) is 0 Å². The Hall–Kier alpha value is -2.17. The Balaban J connectivity index is 2.27. The Labute approximate surface area is 135 Å². The number of Topliss-reactive ketones (excluding diaryl/α,β-unsaturated/α-hetero) is 1. The van der Waals surface area contributed by atoms with Gasteiger partial charge in [0, 0.05) is 12.8 Å². The van der Waals surface area contributed by atoms with Crippen molar-refractivity contribution in [2.45, 2.75) is 45.4 Å². The van der Waals surface area contributed by atoms with E-state index in [0.717, 1.165) is 12.0 Å². The molecule has 1 aliphatic rings. The molecular weight excluding hydrogens is 297 g/mol. The molecule has 0 aliphatic heterocycles. The highest BCUT2D eigenvalue weighted by molar-refractivity contribution is 6.23. The molecule has 0 spiro atoms. The smallest absolute Gasteiger partial charge is 0.168 e. The molecule has 1 aromatic carbocycles. The van der Waals surface area contributed by atoms with Crippen LogP contribution in [0.4, 0.5) is 4.39 Å². The Morgan fingerprint density at radius 3 is 2.57 bits per heavy atom. The molecular formula is C18H22FNO3. The molecule has 1 aromatic rings. The van der Waals surface area contributed by atoms with Crippen LogP contribution in [-0.2, 0) is 9.63 Å². The van der Waals surface area contributed by atoms with E-state index >= 15 is 0 Å². The third-order valence-electron chi connectivity index (χ3n) is 3.86. The summed E-state index contributed by atoms with van der Waals surface area (Å²) in [7, 11) is 0. The molecule has 0 aromatic heterocycles. The van der Waals surface area contributed by atoms with Crippen molar-refractivity contribution in [2.24, 2.45) is 5.16 Å². The summed E-state index contributed by atoms with van der Waals surface area (Å²) in [5, 5.41) is 14.4. The molecule has 0 saturated heterocycles. The van der Waals surface area contributed by atoms with Gasteiger partial charge in [0.1, 0.15) is 18.2 Å². The second-order valence-electron chi connectivity index (χ2n) is 5.61. The highest BCUT2D eigenvalue weighted by Crippen LogP contribution is 2.34. The minimum atomic E-state index is -0.314. The minimum absolute atomic E-state index is 0.0440. The van der Waals surface area contributed by atoms with Crippen LogP contribution in [0.25, 0.3) is 0 Å². The lowest BCUT2D eigenvalue weighted by Gasteiger charge is -2.24. The van der Waals surface area contributed by atoms with E-state index < -0.39 is 0 Å². The lowest BCUT2D eigenvalue weighted by Crippen LogP contribution is -2.24. The summed E-state index contributed by atoms with van der Waals surface area (Å²) in [6, 6.07) is 6.06. The summed E-state index contributed by atoms with van der Waals surface area (Å²) in [5.74, 6) is -0.551. The van der Waals surface area contributed by atoms with E-state index in [2.05, 4.69) is 5.16 Å². The van der Waals surface area contributed by atoms with E-state index in [1.165, 1.54) is 12.1 Å². The molecule has 0 radical (unpaired) electrons. The quantitative estimate of drug-likeness (QED) is 0.629. The molecule has 1 unspecified atom stereocenters. The van der Waals surface area contributed by atoms with E-state index in [-0.39, 0.29) is 29.7 Å². The lowest BCUT2D eigenvalue weighted by molar-refractivity contribution is -0.116. The molecule has 23 heavy (non-hydrogen) atoms. The zero-order valence-corrected chi connectivity index (χ0v) is 13.5. The highest BCUT2D eigenvalue weighted by Gasteiger charge is 2.31. The topological polar surface area (TPSA) is 58.9 Å². The number of oxime groups is 1. The number of carbonyl (C=O) groups excluding carboxylic acids is 1. The maximum Gasteiger partial charge on any atom is 0.168 e. The maximum atomic E-state index is 13.0. The highest BCUT2D eigenvalue weighted by atomic mass is 19.1. The summed E-state index contributed by atoms with van der Waals surface area (Å²) in [6.45, 7) is 4.20. The van der Waals surface area contributed by atoms with Crippen LogP contribution >= 0.6 is 0 Å². The predicted molar refractivity (Wildman–Crippen MR) is 87.0 cm³/mol. The van der Waals surface area contributed by atoms with Gasteiger partial charge in [-0.15, -0.1) is 0 Å². The molecule has 0 fully saturated rings. The fourth-order valence-corrected chi connectivity index (χ4v) is 2.79. The van der Waals surface area contributed by atoms with Crippen molar-refractivity contribution < 1.29 is 19.1 Å². The normalized spacial score (nSPS) is 19.2. The summed E-state index contributed by atoms with van der Waals surface area (Å²) in [4.78, 5) is 17.6. The van der Waals surface area contributed by atoms with Crippen LogP contribution in [-0.4, -0.2) is 23.2 Å². The predicted octanol–water partition coefficient (Wildman–Crippen LogP) is 4.28. The van der Waals surface area contributed by atoms with Gasteiger partial charge in [0.05, 0.1) is 11.3 Å². The van der Waals surface area contributed by atoms with E-state index in [9.17, 15) is 14.3 Å². The number of carbonyl (C=O) groups is 1. The Bertz CT molecular complexity index is 620. The number of ketones is 1. The number of hydrogen-bond donors (Lipinski definition) is 1. The van der Waals surface area contributed by atoms with Gasteiger partial charge in [0.15, 0.2) is 5.78 Å². The minimum Gasteiger partial charge on any atom is -0.511 e. The van der Waals surface area contributed by atoms with Gasteiger partial charge < -0.3 is 9.94 Å². The molecule has 2 rings (SSSR count). The van der Waals surface area contributed by atoms with Gasteiger partial charge >= 0.3 is 0 Å². The molecule has 0 saturated carbocycles. The summed E-state index contributed by atoms with van der Waals surface area (Å²) in [5.41, 5.74) is 1.65. The number of rotatable bonds is 6. The Morgan fingerprint density at radius 2 is 2.00 bits per heavy atom. The van der Waals surface area contributed by atoms with Gasteiger partial charge in [-0.3, -0.25) is 4.79 Å². The maximum absolute atomic E-state index is 13.0. The molecule has 124 valence electrons. The lowest BCUT2D eigenvalue weighted by atomic mass is 9.81. The molecule has 5 heteroatoms. The van der Waals surface area contributed by atoms with Crippen molar-refractivity contribution in [3.05, 3.63) is 47.0 Å². The third-order valence-corrected chi connectivity index (χ3v) is 3.86. The van der Waals surface area contributed by atoms with Crippen molar-refractivity contribution in [3.63, 3.8) is 0 Å². The zero-order chi connectivity index (χ0) is 16.8. The molecule has 1 N–H and O–H groups in total. The average Bonchev–Trinajstić information content (AvgIpc) is 2.52. The largest absolute Gasteiger partial charge is 0.511 e. The van der Waals surface area contributed by atoms with E-state index in [4.69, 9.17) is 4.84 Å². The standard InChI is InChI=1S/C18H22FNO3/c1-3-5-15(20-23-4-2)18-16(21)10-13(11-17(18)22)12-6-8-14(19)9-7-12/h6-9,13,21H,3-5,10-11H2,1-2H3/b20-15-. The van der Waals surface area contributed by atoms with E-state index in [1.807, 2.05) is 13.8 Å². The van der Waals surface area contributed by atoms with Crippen molar-refractivity contribution in [2.75, 3.05) is 6.61 Å². The SMILES string of the molecule is CCC/C(=N/OCC)C1=C(O)CC(c2ccc(F)cc2)CC1=O. The number of halogens is 1. The molecule has 0 heterocycles. The second kappa shape index (κ2) is 7.90. The summed E-state index contributed by atoms with van der Waals surface area (Å²) in [6.07, 6.45) is 2.01. The third kappa shape index (κ3) is 4.18. The van der Waals surface area contributed by atoms with Crippen molar-refractivity contribution in [1.29, 1.82) is 0 Å². The van der Waals surface area contributed by atoms with Gasteiger partial charge in [-0.05, 0) is 37.0 Å². The first-order valence-corrected chi connectivity index (χ1v) is 7.96. The van der Waals surface area contributed by atoms with Crippen LogP contribution in [0.2, 0.25) is 0 Å². The number of aliphatic hydroxyl groups excluding tert-OH is 1. The Morgan fingerprint density at radius 1 is 1.30 bits per heavy atom. The van der Waals surface area contributed by atoms with Crippen LogP contribution < -0.4 is 0 Å². The van der Waals surface area contributed by atoms with Gasteiger partial charge in [-0.2, -0.15) is 0 Å². The number of benzene rings is 1. The first kappa shape index (κ1) is 17.2. The first-order valence-electron chi connectivity index (χ1n) is 7.96. The molecule has 1 aliphatic carbocycles. The van der Waals surface area contributed by atoms with Crippen molar-refractivity contribution in [1.82, 2.24) is 0 Å². The number of allylic oxidation sites excluding steroid dienone is 2. The van der Waals surface area contributed by atoms with Crippen LogP contribution in [0, 0.1) is 5.82 Å². The molecule has 0 amide bonds. The van der Waals surface area contributed by atoms with Crippen LogP contribution in [0.15, 0.2) is 40.8 Å². The van der Waals surface area contributed by atoms with Crippen LogP contribution in [0.1, 0.15) is 51.0 Å². The summed E-state index contributed by atoms with van der Waals surface area (Å²) < 4.78 is 13.0. The van der Waals surface area contributed by atoms with Gasteiger partial charge in [0.2, 0.25) is 0 Å². The average molecular weight is 319 g/mol. The fourth-order valence-electron chi connectivity index (χ4n) is 2.79. The Kier molecular flexibility index (Phi) is 5.90. The van der Waals surface area contributed by atoms with Gasteiger partial charge in [-0.25, -0.2) is 4.39 Å². The van der Waals surface area contributed by atoms with Crippen molar-refractivity contribution >= 4 is 11.5 Å². The second-order valence-corrected chi connectivity index (χ2v) is 5.61. The molecule has 4 nitrogen and oxygen atoms in total. The van der Waals surface area contributed by atoms with Gasteiger partial charge in [0.25, 0.3) is 0 Å².